The van der Waals surface area contributed by atoms with Crippen LogP contribution in [0.2, 0.25) is 0 Å². The van der Waals surface area contributed by atoms with Gasteiger partial charge in [-0.1, -0.05) is 37.3 Å². The normalized spacial score (nSPS) is 11.2. The third-order valence-corrected chi connectivity index (χ3v) is 3.69. The number of carbonyl (C=O) groups excluding carboxylic acids is 1. The molecule has 0 aromatic heterocycles. The zero-order valence-corrected chi connectivity index (χ0v) is 12.6. The monoisotopic (exact) mass is 284 g/mol. The second kappa shape index (κ2) is 6.00. The Bertz CT molecular complexity index is 630. The van der Waals surface area contributed by atoms with E-state index in [2.05, 4.69) is 0 Å². The summed E-state index contributed by atoms with van der Waals surface area (Å²) in [6, 6.07) is 14.3. The lowest BCUT2D eigenvalue weighted by molar-refractivity contribution is -0.144. The molecule has 110 valence electrons. The SMILES string of the molecule is CCC(C)(C)C(=O)Oc1ccc(O)cc1-c1ccccc1. The minimum Gasteiger partial charge on any atom is -0.508 e. The maximum absolute atomic E-state index is 12.2. The quantitative estimate of drug-likeness (QED) is 0.668. The van der Waals surface area contributed by atoms with Gasteiger partial charge in [-0.15, -0.1) is 0 Å². The number of hydrogen-bond donors (Lipinski definition) is 1. The second-order valence-electron chi connectivity index (χ2n) is 5.67. The number of benzene rings is 2. The predicted molar refractivity (Wildman–Crippen MR) is 83.2 cm³/mol. The molecule has 2 rings (SSSR count). The molecule has 0 unspecified atom stereocenters. The maximum Gasteiger partial charge on any atom is 0.316 e. The van der Waals surface area contributed by atoms with E-state index in [1.165, 1.54) is 6.07 Å². The van der Waals surface area contributed by atoms with Crippen molar-refractivity contribution in [3.05, 3.63) is 48.5 Å². The molecule has 0 saturated carbocycles. The lowest BCUT2D eigenvalue weighted by Crippen LogP contribution is -2.28. The minimum atomic E-state index is -0.536. The summed E-state index contributed by atoms with van der Waals surface area (Å²) in [5.41, 5.74) is 1.06. The van der Waals surface area contributed by atoms with E-state index >= 15 is 0 Å². The first-order valence-corrected chi connectivity index (χ1v) is 7.05. The first-order valence-electron chi connectivity index (χ1n) is 7.05. The summed E-state index contributed by atoms with van der Waals surface area (Å²) in [4.78, 5) is 12.2. The number of rotatable bonds is 4. The van der Waals surface area contributed by atoms with Crippen LogP contribution < -0.4 is 4.74 Å². The van der Waals surface area contributed by atoms with Crippen molar-refractivity contribution < 1.29 is 14.6 Å². The van der Waals surface area contributed by atoms with Crippen LogP contribution in [0.5, 0.6) is 11.5 Å². The van der Waals surface area contributed by atoms with E-state index in [0.29, 0.717) is 17.7 Å². The van der Waals surface area contributed by atoms with Gasteiger partial charge in [0, 0.05) is 5.56 Å². The Hall–Kier alpha value is -2.29. The van der Waals surface area contributed by atoms with Crippen LogP contribution in [0.1, 0.15) is 27.2 Å². The van der Waals surface area contributed by atoms with Gasteiger partial charge in [-0.2, -0.15) is 0 Å². The number of hydrogen-bond acceptors (Lipinski definition) is 3. The molecule has 1 N–H and O–H groups in total. The van der Waals surface area contributed by atoms with Gasteiger partial charge in [-0.25, -0.2) is 0 Å². The Morgan fingerprint density at radius 2 is 1.81 bits per heavy atom. The molecule has 0 heterocycles. The number of phenolic OH excluding ortho intramolecular Hbond substituents is 1. The molecule has 0 aliphatic heterocycles. The van der Waals surface area contributed by atoms with E-state index in [1.54, 1.807) is 12.1 Å². The summed E-state index contributed by atoms with van der Waals surface area (Å²) < 4.78 is 5.56. The number of ether oxygens (including phenoxy) is 1. The van der Waals surface area contributed by atoms with Gasteiger partial charge < -0.3 is 9.84 Å². The van der Waals surface area contributed by atoms with E-state index in [1.807, 2.05) is 51.1 Å². The summed E-state index contributed by atoms with van der Waals surface area (Å²) in [6.07, 6.45) is 0.699. The van der Waals surface area contributed by atoms with Crippen molar-refractivity contribution >= 4 is 5.97 Å². The highest BCUT2D eigenvalue weighted by Gasteiger charge is 2.28. The number of carbonyl (C=O) groups is 1. The van der Waals surface area contributed by atoms with E-state index in [0.717, 1.165) is 5.56 Å². The van der Waals surface area contributed by atoms with Gasteiger partial charge in [0.2, 0.25) is 0 Å². The summed E-state index contributed by atoms with van der Waals surface area (Å²) in [5, 5.41) is 9.70. The highest BCUT2D eigenvalue weighted by molar-refractivity contribution is 5.82. The molecule has 3 nitrogen and oxygen atoms in total. The fraction of sp³-hybridized carbons (Fsp3) is 0.278. The first-order chi connectivity index (χ1) is 9.94. The van der Waals surface area contributed by atoms with E-state index < -0.39 is 5.41 Å². The molecule has 0 spiro atoms. The lowest BCUT2D eigenvalue weighted by Gasteiger charge is -2.21. The fourth-order valence-electron chi connectivity index (χ4n) is 1.83. The minimum absolute atomic E-state index is 0.142. The van der Waals surface area contributed by atoms with Crippen molar-refractivity contribution in [1.82, 2.24) is 0 Å². The Balaban J connectivity index is 2.39. The van der Waals surface area contributed by atoms with Gasteiger partial charge in [0.1, 0.15) is 11.5 Å². The van der Waals surface area contributed by atoms with E-state index in [9.17, 15) is 9.90 Å². The number of phenols is 1. The topological polar surface area (TPSA) is 46.5 Å². The highest BCUT2D eigenvalue weighted by atomic mass is 16.5. The Kier molecular flexibility index (Phi) is 4.32. The molecule has 0 saturated heterocycles. The molecule has 0 radical (unpaired) electrons. The van der Waals surface area contributed by atoms with Crippen LogP contribution >= 0.6 is 0 Å². The van der Waals surface area contributed by atoms with Crippen molar-refractivity contribution in [1.29, 1.82) is 0 Å². The van der Waals surface area contributed by atoms with Gasteiger partial charge in [-0.3, -0.25) is 4.79 Å². The zero-order chi connectivity index (χ0) is 15.5. The molecule has 0 aliphatic rings. The van der Waals surface area contributed by atoms with Crippen LogP contribution in [0.3, 0.4) is 0 Å². The largest absolute Gasteiger partial charge is 0.508 e. The molecule has 0 atom stereocenters. The summed E-state index contributed by atoms with van der Waals surface area (Å²) >= 11 is 0. The van der Waals surface area contributed by atoms with Crippen LogP contribution in [0, 0.1) is 5.41 Å². The van der Waals surface area contributed by atoms with Crippen molar-refractivity contribution in [2.45, 2.75) is 27.2 Å². The average Bonchev–Trinajstić information content (AvgIpc) is 2.49. The molecule has 0 aliphatic carbocycles. The third-order valence-electron chi connectivity index (χ3n) is 3.69. The van der Waals surface area contributed by atoms with E-state index in [4.69, 9.17) is 4.74 Å². The molecule has 3 heteroatoms. The standard InChI is InChI=1S/C18H20O3/c1-4-18(2,3)17(20)21-16-11-10-14(19)12-15(16)13-8-6-5-7-9-13/h5-12,19H,4H2,1-3H3. The van der Waals surface area contributed by atoms with Crippen molar-refractivity contribution in [2.75, 3.05) is 0 Å². The summed E-state index contributed by atoms with van der Waals surface area (Å²) in [6.45, 7) is 5.67. The zero-order valence-electron chi connectivity index (χ0n) is 12.6. The molecule has 0 fully saturated rings. The Morgan fingerprint density at radius 1 is 1.14 bits per heavy atom. The number of esters is 1. The van der Waals surface area contributed by atoms with Gasteiger partial charge in [0.15, 0.2) is 0 Å². The molecule has 0 bridgehead atoms. The summed E-state index contributed by atoms with van der Waals surface area (Å²) in [5.74, 6) is 0.335. The van der Waals surface area contributed by atoms with Crippen LogP contribution in [0.25, 0.3) is 11.1 Å². The second-order valence-corrected chi connectivity index (χ2v) is 5.67. The van der Waals surface area contributed by atoms with Crippen molar-refractivity contribution in [3.8, 4) is 22.6 Å². The van der Waals surface area contributed by atoms with E-state index in [-0.39, 0.29) is 11.7 Å². The van der Waals surface area contributed by atoms with Gasteiger partial charge in [0.25, 0.3) is 0 Å². The Labute approximate surface area is 125 Å². The van der Waals surface area contributed by atoms with Crippen molar-refractivity contribution in [2.24, 2.45) is 5.41 Å². The molecule has 0 amide bonds. The molecule has 21 heavy (non-hydrogen) atoms. The van der Waals surface area contributed by atoms with Crippen molar-refractivity contribution in [3.63, 3.8) is 0 Å². The average molecular weight is 284 g/mol. The molecular weight excluding hydrogens is 264 g/mol. The Morgan fingerprint density at radius 3 is 2.43 bits per heavy atom. The van der Waals surface area contributed by atoms with Crippen LogP contribution in [0.4, 0.5) is 0 Å². The highest BCUT2D eigenvalue weighted by Crippen LogP contribution is 2.34. The van der Waals surface area contributed by atoms with Crippen LogP contribution in [-0.4, -0.2) is 11.1 Å². The third kappa shape index (κ3) is 3.43. The smallest absolute Gasteiger partial charge is 0.316 e. The maximum atomic E-state index is 12.2. The van der Waals surface area contributed by atoms with Gasteiger partial charge in [0.05, 0.1) is 5.41 Å². The molecule has 2 aromatic carbocycles. The lowest BCUT2D eigenvalue weighted by atomic mass is 9.90. The predicted octanol–water partition coefficient (Wildman–Crippen LogP) is 4.40. The molecular formula is C18H20O3. The number of aromatic hydroxyl groups is 1. The van der Waals surface area contributed by atoms with Crippen LogP contribution in [0.15, 0.2) is 48.5 Å². The van der Waals surface area contributed by atoms with Gasteiger partial charge in [-0.05, 0) is 44.0 Å². The van der Waals surface area contributed by atoms with Crippen LogP contribution in [-0.2, 0) is 4.79 Å². The van der Waals surface area contributed by atoms with Gasteiger partial charge >= 0.3 is 5.97 Å². The summed E-state index contributed by atoms with van der Waals surface area (Å²) in [7, 11) is 0. The first kappa shape index (κ1) is 15.1. The molecule has 2 aromatic rings. The fourth-order valence-corrected chi connectivity index (χ4v) is 1.83.